The van der Waals surface area contributed by atoms with E-state index in [1.807, 2.05) is 94.1 Å². The summed E-state index contributed by atoms with van der Waals surface area (Å²) in [7, 11) is 0. The number of hydrogen-bond donors (Lipinski definition) is 0. The van der Waals surface area contributed by atoms with Gasteiger partial charge in [-0.3, -0.25) is 0 Å². The Morgan fingerprint density at radius 2 is 0.208 bits per heavy atom. The summed E-state index contributed by atoms with van der Waals surface area (Å²) in [6, 6.07) is 0. The zero-order valence-corrected chi connectivity index (χ0v) is 21.1. The highest BCUT2D eigenvalue weighted by Gasteiger charge is 1.97. The molecular weight excluding hydrogens is 449 g/mol. The van der Waals surface area contributed by atoms with E-state index < -0.39 is 0 Å². The molecule has 0 unspecified atom stereocenters. The van der Waals surface area contributed by atoms with Crippen LogP contribution in [0.1, 0.15) is 0 Å². The molecule has 8 fully saturated rings. The summed E-state index contributed by atoms with van der Waals surface area (Å²) in [5.41, 5.74) is 0. The van der Waals surface area contributed by atoms with Gasteiger partial charge in [0, 0.05) is 92.0 Å². The van der Waals surface area contributed by atoms with Crippen molar-refractivity contribution in [1.29, 1.82) is 0 Å². The monoisotopic (exact) mass is 480 g/mol. The second-order valence-electron chi connectivity index (χ2n) is 4.90. The highest BCUT2D eigenvalue weighted by molar-refractivity contribution is 8.07. The summed E-state index contributed by atoms with van der Waals surface area (Å²) in [5, 5.41) is 0. The van der Waals surface area contributed by atoms with E-state index in [0.29, 0.717) is 0 Å². The molecule has 0 aliphatic carbocycles. The molecule has 0 aromatic carbocycles. The second-order valence-corrected chi connectivity index (χ2v) is 14.7. The number of rotatable bonds is 0. The minimum absolute atomic E-state index is 1.42. The molecule has 0 spiro atoms. The lowest BCUT2D eigenvalue weighted by Gasteiger charge is -1.11. The Morgan fingerprint density at radius 1 is 0.167 bits per heavy atom. The predicted octanol–water partition coefficient (Wildman–Crippen LogP) is 5.87. The van der Waals surface area contributed by atoms with Crippen LogP contribution < -0.4 is 0 Å². The van der Waals surface area contributed by atoms with Crippen molar-refractivity contribution in [2.75, 3.05) is 92.0 Å². The van der Waals surface area contributed by atoms with Gasteiger partial charge in [0.05, 0.1) is 0 Å². The fourth-order valence-corrected chi connectivity index (χ4v) is 0. The smallest absolute Gasteiger partial charge is 0.00238 e. The number of hydrogen-bond acceptors (Lipinski definition) is 8. The molecule has 0 bridgehead atoms. The van der Waals surface area contributed by atoms with Crippen molar-refractivity contribution in [3.8, 4) is 0 Å². The normalized spacial score (nSPS) is 24.0. The fourth-order valence-electron chi connectivity index (χ4n) is 0. The van der Waals surface area contributed by atoms with Crippen LogP contribution in [0.5, 0.6) is 0 Å². The highest BCUT2D eigenvalue weighted by atomic mass is 32.2. The van der Waals surface area contributed by atoms with Gasteiger partial charge in [-0.25, -0.2) is 0 Å². The molecule has 8 heteroatoms. The van der Waals surface area contributed by atoms with Crippen molar-refractivity contribution < 1.29 is 0 Å². The maximum Gasteiger partial charge on any atom is 0.00238 e. The third kappa shape index (κ3) is 120. The van der Waals surface area contributed by atoms with Crippen molar-refractivity contribution in [2.24, 2.45) is 0 Å². The zero-order chi connectivity index (χ0) is 17.0. The van der Waals surface area contributed by atoms with E-state index in [4.69, 9.17) is 0 Å². The molecule has 8 heterocycles. The molecular formula is C16H32S8. The summed E-state index contributed by atoms with van der Waals surface area (Å²) in [6.07, 6.45) is 0. The van der Waals surface area contributed by atoms with E-state index in [2.05, 4.69) is 0 Å². The molecule has 8 aliphatic rings. The molecule has 8 saturated heterocycles. The SMILES string of the molecule is C1CS1.C1CS1.C1CS1.C1CS1.C1CS1.C1CS1.C1CS1.C1CS1. The van der Waals surface area contributed by atoms with Gasteiger partial charge in [0.1, 0.15) is 0 Å². The van der Waals surface area contributed by atoms with E-state index >= 15 is 0 Å². The average Bonchev–Trinajstić information content (AvgIpc) is 3.57. The van der Waals surface area contributed by atoms with Crippen molar-refractivity contribution in [1.82, 2.24) is 0 Å². The average molecular weight is 481 g/mol. The molecule has 8 aliphatic heterocycles. The van der Waals surface area contributed by atoms with Gasteiger partial charge < -0.3 is 0 Å². The topological polar surface area (TPSA) is 0 Å². The van der Waals surface area contributed by atoms with Crippen molar-refractivity contribution >= 4 is 94.1 Å². The molecule has 0 radical (unpaired) electrons. The minimum atomic E-state index is 1.42. The summed E-state index contributed by atoms with van der Waals surface area (Å²) in [6.45, 7) is 0. The molecule has 0 nitrogen and oxygen atoms in total. The van der Waals surface area contributed by atoms with Gasteiger partial charge in [-0.05, 0) is 0 Å². The lowest BCUT2D eigenvalue weighted by molar-refractivity contribution is 1.75. The van der Waals surface area contributed by atoms with E-state index in [1.54, 1.807) is 0 Å². The second kappa shape index (κ2) is 22.1. The molecule has 0 saturated carbocycles. The minimum Gasteiger partial charge on any atom is -0.160 e. The summed E-state index contributed by atoms with van der Waals surface area (Å²) >= 11 is 16.0. The van der Waals surface area contributed by atoms with Crippen molar-refractivity contribution in [3.05, 3.63) is 0 Å². The summed E-state index contributed by atoms with van der Waals surface area (Å²) < 4.78 is 0. The molecule has 144 valence electrons. The lowest BCUT2D eigenvalue weighted by atomic mass is 11.0. The Morgan fingerprint density at radius 3 is 0.208 bits per heavy atom. The summed E-state index contributed by atoms with van der Waals surface area (Å²) in [5.74, 6) is 22.7. The van der Waals surface area contributed by atoms with Gasteiger partial charge in [-0.15, -0.1) is 0 Å². The Labute approximate surface area is 184 Å². The van der Waals surface area contributed by atoms with Crippen LogP contribution in [0.2, 0.25) is 0 Å². The molecule has 0 amide bonds. The first-order chi connectivity index (χ1) is 12.0. The molecule has 8 rings (SSSR count). The van der Waals surface area contributed by atoms with Crippen LogP contribution in [0.25, 0.3) is 0 Å². The van der Waals surface area contributed by atoms with Gasteiger partial charge in [-0.1, -0.05) is 0 Å². The predicted molar refractivity (Wildman–Crippen MR) is 139 cm³/mol. The third-order valence-corrected chi connectivity index (χ3v) is 4.90. The Bertz CT molecular complexity index is 132. The molecule has 0 aromatic heterocycles. The zero-order valence-electron chi connectivity index (χ0n) is 14.6. The molecule has 0 aromatic rings. The molecule has 0 atom stereocenters. The van der Waals surface area contributed by atoms with Gasteiger partial charge in [0.25, 0.3) is 0 Å². The van der Waals surface area contributed by atoms with Gasteiger partial charge >= 0.3 is 0 Å². The fraction of sp³-hybridized carbons (Fsp3) is 1.00. The first kappa shape index (κ1) is 24.8. The van der Waals surface area contributed by atoms with Gasteiger partial charge in [-0.2, -0.15) is 94.1 Å². The van der Waals surface area contributed by atoms with Crippen LogP contribution >= 0.6 is 94.1 Å². The van der Waals surface area contributed by atoms with Crippen LogP contribution in [-0.4, -0.2) is 92.0 Å². The van der Waals surface area contributed by atoms with Gasteiger partial charge in [0.2, 0.25) is 0 Å². The highest BCUT2D eigenvalue weighted by Crippen LogP contribution is 2.16. The van der Waals surface area contributed by atoms with E-state index in [1.165, 1.54) is 92.0 Å². The van der Waals surface area contributed by atoms with Crippen LogP contribution in [0.4, 0.5) is 0 Å². The van der Waals surface area contributed by atoms with E-state index in [0.717, 1.165) is 0 Å². The molecule has 0 N–H and O–H groups in total. The largest absolute Gasteiger partial charge is 0.160 e. The van der Waals surface area contributed by atoms with Crippen LogP contribution in [-0.2, 0) is 0 Å². The number of thioether (sulfide) groups is 8. The Kier molecular flexibility index (Phi) is 22.9. The third-order valence-electron chi connectivity index (χ3n) is 1.63. The van der Waals surface area contributed by atoms with Crippen LogP contribution in [0.3, 0.4) is 0 Å². The van der Waals surface area contributed by atoms with E-state index in [9.17, 15) is 0 Å². The van der Waals surface area contributed by atoms with Gasteiger partial charge in [0.15, 0.2) is 0 Å². The van der Waals surface area contributed by atoms with Crippen LogP contribution in [0, 0.1) is 0 Å². The summed E-state index contributed by atoms with van der Waals surface area (Å²) in [4.78, 5) is 0. The van der Waals surface area contributed by atoms with Crippen LogP contribution in [0.15, 0.2) is 0 Å². The first-order valence-corrected chi connectivity index (χ1v) is 17.9. The van der Waals surface area contributed by atoms with Crippen molar-refractivity contribution in [2.45, 2.75) is 0 Å². The quantitative estimate of drug-likeness (QED) is 0.390. The maximum absolute atomic E-state index is 2.00. The lowest BCUT2D eigenvalue weighted by Crippen LogP contribution is -1.20. The molecule has 24 heavy (non-hydrogen) atoms. The van der Waals surface area contributed by atoms with E-state index in [-0.39, 0.29) is 0 Å². The first-order valence-electron chi connectivity index (χ1n) is 8.62. The van der Waals surface area contributed by atoms with Crippen molar-refractivity contribution in [3.63, 3.8) is 0 Å². The Balaban J connectivity index is 0.000000137. The maximum atomic E-state index is 2.00. The Hall–Kier alpha value is 2.80. The standard InChI is InChI=1S/8C2H4S/c8*1-2-3-1/h8*1-2H2.